The molecule has 106 valence electrons. The Bertz CT molecular complexity index is 420. The summed E-state index contributed by atoms with van der Waals surface area (Å²) in [5, 5.41) is 0.616. The average molecular weight is 278 g/mol. The van der Waals surface area contributed by atoms with E-state index >= 15 is 0 Å². The van der Waals surface area contributed by atoms with Crippen molar-refractivity contribution in [3.05, 3.63) is 28.8 Å². The van der Waals surface area contributed by atoms with Crippen LogP contribution in [0.25, 0.3) is 0 Å². The highest BCUT2D eigenvalue weighted by Crippen LogP contribution is 2.38. The smallest absolute Gasteiger partial charge is 0.122 e. The molecule has 1 saturated carbocycles. The molecule has 2 heteroatoms. The zero-order valence-electron chi connectivity index (χ0n) is 12.4. The van der Waals surface area contributed by atoms with E-state index in [0.717, 1.165) is 24.7 Å². The molecule has 0 atom stereocenters. The van der Waals surface area contributed by atoms with Gasteiger partial charge in [-0.15, -0.1) is 0 Å². The van der Waals surface area contributed by atoms with Gasteiger partial charge in [-0.05, 0) is 74.6 Å². The Morgan fingerprint density at radius 2 is 1.79 bits per heavy atom. The third-order valence-electron chi connectivity index (χ3n) is 4.38. The molecule has 19 heavy (non-hydrogen) atoms. The summed E-state index contributed by atoms with van der Waals surface area (Å²) >= 11 is 4.60. The summed E-state index contributed by atoms with van der Waals surface area (Å²) in [7, 11) is 0. The Kier molecular flexibility index (Phi) is 5.20. The van der Waals surface area contributed by atoms with Crippen LogP contribution in [0.4, 0.5) is 0 Å². The van der Waals surface area contributed by atoms with Gasteiger partial charge in [-0.3, -0.25) is 0 Å². The molecular weight excluding hydrogens is 252 g/mol. The van der Waals surface area contributed by atoms with Crippen LogP contribution in [0.15, 0.2) is 12.1 Å². The van der Waals surface area contributed by atoms with Crippen LogP contribution in [-0.2, 0) is 0 Å². The van der Waals surface area contributed by atoms with Crippen molar-refractivity contribution in [1.82, 2.24) is 0 Å². The third-order valence-corrected chi connectivity index (χ3v) is 4.89. The summed E-state index contributed by atoms with van der Waals surface area (Å²) in [5.41, 5.74) is 4.27. The summed E-state index contributed by atoms with van der Waals surface area (Å²) in [4.78, 5) is 0. The van der Waals surface area contributed by atoms with Crippen LogP contribution in [0.5, 0.6) is 5.75 Å². The maximum atomic E-state index is 5.81. The van der Waals surface area contributed by atoms with Gasteiger partial charge in [0, 0.05) is 5.25 Å². The summed E-state index contributed by atoms with van der Waals surface area (Å²) in [6, 6.07) is 4.46. The Morgan fingerprint density at radius 1 is 1.11 bits per heavy atom. The fourth-order valence-electron chi connectivity index (χ4n) is 3.01. The fraction of sp³-hybridized carbons (Fsp3) is 0.647. The molecule has 0 aliphatic heterocycles. The summed E-state index contributed by atoms with van der Waals surface area (Å²) in [6.45, 7) is 7.39. The lowest BCUT2D eigenvalue weighted by Gasteiger charge is -2.28. The van der Waals surface area contributed by atoms with Crippen molar-refractivity contribution in [2.75, 3.05) is 6.61 Å². The van der Waals surface area contributed by atoms with E-state index in [2.05, 4.69) is 45.5 Å². The number of hydrogen-bond donors (Lipinski definition) is 1. The van der Waals surface area contributed by atoms with Crippen molar-refractivity contribution >= 4 is 12.6 Å². The van der Waals surface area contributed by atoms with Crippen LogP contribution in [0.2, 0.25) is 0 Å². The van der Waals surface area contributed by atoms with E-state index < -0.39 is 0 Å². The minimum absolute atomic E-state index is 0.616. The first-order valence-electron chi connectivity index (χ1n) is 7.54. The quantitative estimate of drug-likeness (QED) is 0.758. The van der Waals surface area contributed by atoms with Gasteiger partial charge in [0.15, 0.2) is 0 Å². The monoisotopic (exact) mass is 278 g/mol. The molecule has 0 bridgehead atoms. The zero-order valence-corrected chi connectivity index (χ0v) is 13.3. The highest BCUT2D eigenvalue weighted by molar-refractivity contribution is 7.80. The van der Waals surface area contributed by atoms with Gasteiger partial charge in [0.25, 0.3) is 0 Å². The Balaban J connectivity index is 2.16. The molecule has 1 aliphatic rings. The lowest BCUT2D eigenvalue weighted by molar-refractivity contribution is 0.314. The average Bonchev–Trinajstić information content (AvgIpc) is 2.42. The van der Waals surface area contributed by atoms with E-state index in [4.69, 9.17) is 4.74 Å². The maximum absolute atomic E-state index is 5.81. The number of hydrogen-bond acceptors (Lipinski definition) is 2. The van der Waals surface area contributed by atoms with E-state index in [1.54, 1.807) is 0 Å². The van der Waals surface area contributed by atoms with Crippen molar-refractivity contribution in [2.24, 2.45) is 0 Å². The molecule has 2 rings (SSSR count). The molecule has 0 saturated heterocycles. The molecule has 1 nitrogen and oxygen atoms in total. The minimum Gasteiger partial charge on any atom is -0.493 e. The first kappa shape index (κ1) is 14.8. The number of rotatable bonds is 4. The highest BCUT2D eigenvalue weighted by atomic mass is 32.1. The molecule has 0 aromatic heterocycles. The largest absolute Gasteiger partial charge is 0.493 e. The van der Waals surface area contributed by atoms with Crippen LogP contribution in [-0.4, -0.2) is 11.9 Å². The van der Waals surface area contributed by atoms with Crippen LogP contribution < -0.4 is 4.74 Å². The number of ether oxygens (including phenoxy) is 1. The summed E-state index contributed by atoms with van der Waals surface area (Å²) in [6.07, 6.45) is 6.13. The topological polar surface area (TPSA) is 9.23 Å². The van der Waals surface area contributed by atoms with E-state index in [1.807, 2.05) is 0 Å². The van der Waals surface area contributed by atoms with Crippen LogP contribution in [0, 0.1) is 13.8 Å². The van der Waals surface area contributed by atoms with Gasteiger partial charge in [-0.2, -0.15) is 12.6 Å². The predicted octanol–water partition coefficient (Wildman–Crippen LogP) is 5.05. The second-order valence-corrected chi connectivity index (χ2v) is 6.49. The van der Waals surface area contributed by atoms with Gasteiger partial charge >= 0.3 is 0 Å². The van der Waals surface area contributed by atoms with Crippen molar-refractivity contribution < 1.29 is 4.74 Å². The van der Waals surface area contributed by atoms with Gasteiger partial charge in [-0.1, -0.05) is 13.0 Å². The van der Waals surface area contributed by atoms with Crippen LogP contribution in [0.3, 0.4) is 0 Å². The van der Waals surface area contributed by atoms with Crippen molar-refractivity contribution in [3.8, 4) is 5.75 Å². The lowest BCUT2D eigenvalue weighted by Crippen LogP contribution is -2.14. The van der Waals surface area contributed by atoms with Crippen molar-refractivity contribution in [1.29, 1.82) is 0 Å². The summed E-state index contributed by atoms with van der Waals surface area (Å²) in [5.74, 6) is 1.79. The molecule has 0 unspecified atom stereocenters. The Morgan fingerprint density at radius 3 is 2.42 bits per heavy atom. The molecule has 0 amide bonds. The van der Waals surface area contributed by atoms with Gasteiger partial charge in [0.1, 0.15) is 5.75 Å². The third kappa shape index (κ3) is 3.47. The van der Waals surface area contributed by atoms with Gasteiger partial charge in [0.05, 0.1) is 6.61 Å². The minimum atomic E-state index is 0.616. The Hall–Kier alpha value is -0.630. The number of thiol groups is 1. The lowest BCUT2D eigenvalue weighted by atomic mass is 9.81. The molecule has 0 spiro atoms. The van der Waals surface area contributed by atoms with Gasteiger partial charge in [-0.25, -0.2) is 0 Å². The Labute approximate surface area is 123 Å². The standard InChI is InChI=1S/C17H26OS/c1-4-11-18-17-10-9-16(12(2)13(17)3)14-5-7-15(19)8-6-14/h9-10,14-15,19H,4-8,11H2,1-3H3. The first-order chi connectivity index (χ1) is 9.13. The van der Waals surface area contributed by atoms with E-state index in [9.17, 15) is 0 Å². The molecular formula is C17H26OS. The molecule has 1 aliphatic carbocycles. The highest BCUT2D eigenvalue weighted by Gasteiger charge is 2.22. The molecule has 0 N–H and O–H groups in total. The van der Waals surface area contributed by atoms with Crippen LogP contribution >= 0.6 is 12.6 Å². The van der Waals surface area contributed by atoms with Crippen molar-refractivity contribution in [3.63, 3.8) is 0 Å². The molecule has 1 fully saturated rings. The number of benzene rings is 1. The van der Waals surface area contributed by atoms with E-state index in [1.165, 1.54) is 42.4 Å². The van der Waals surface area contributed by atoms with E-state index in [-0.39, 0.29) is 0 Å². The SMILES string of the molecule is CCCOc1ccc(C2CCC(S)CC2)c(C)c1C. The second kappa shape index (κ2) is 6.69. The molecule has 0 heterocycles. The van der Waals surface area contributed by atoms with Crippen LogP contribution in [0.1, 0.15) is 61.6 Å². The predicted molar refractivity (Wildman–Crippen MR) is 85.7 cm³/mol. The van der Waals surface area contributed by atoms with Gasteiger partial charge in [0.2, 0.25) is 0 Å². The van der Waals surface area contributed by atoms with Gasteiger partial charge < -0.3 is 4.74 Å². The zero-order chi connectivity index (χ0) is 13.8. The van der Waals surface area contributed by atoms with E-state index in [0.29, 0.717) is 5.25 Å². The molecule has 1 aromatic carbocycles. The maximum Gasteiger partial charge on any atom is 0.122 e. The van der Waals surface area contributed by atoms with Crippen molar-refractivity contribution in [2.45, 2.75) is 64.0 Å². The fourth-order valence-corrected chi connectivity index (χ4v) is 3.31. The summed E-state index contributed by atoms with van der Waals surface area (Å²) < 4.78 is 5.81. The molecule has 0 radical (unpaired) electrons. The second-order valence-electron chi connectivity index (χ2n) is 5.76. The molecule has 1 aromatic rings. The first-order valence-corrected chi connectivity index (χ1v) is 8.06. The normalized spacial score (nSPS) is 23.4.